The standard InChI is InChI=1S/C34H37F3O2/c1-3-5-21-38-28-16-13-26(14-17-28)31-19-15-27(33(36)34(31)37)12-9-24-7-10-25(11-8-24)30-20-18-29(23-32(30)35)39-22-6-4-2/h4,7-8,10-11,13,15,18-20,23,28H,2-3,5-6,9,12,14,16-17,21-22H2,1H3. The Balaban J connectivity index is 1.35. The van der Waals surface area contributed by atoms with Gasteiger partial charge in [-0.2, -0.15) is 0 Å². The van der Waals surface area contributed by atoms with Crippen LogP contribution in [-0.2, 0) is 17.6 Å². The Morgan fingerprint density at radius 3 is 2.41 bits per heavy atom. The second-order valence-electron chi connectivity index (χ2n) is 10.0. The summed E-state index contributed by atoms with van der Waals surface area (Å²) in [7, 11) is 0. The summed E-state index contributed by atoms with van der Waals surface area (Å²) in [6.45, 7) is 6.98. The van der Waals surface area contributed by atoms with E-state index in [2.05, 4.69) is 13.5 Å². The average Bonchev–Trinajstić information content (AvgIpc) is 2.95. The number of unbranched alkanes of at least 4 members (excludes halogenated alkanes) is 1. The lowest BCUT2D eigenvalue weighted by molar-refractivity contribution is 0.0466. The minimum atomic E-state index is -0.774. The highest BCUT2D eigenvalue weighted by Crippen LogP contribution is 2.32. The summed E-state index contributed by atoms with van der Waals surface area (Å²) >= 11 is 0. The van der Waals surface area contributed by atoms with Gasteiger partial charge in [0.15, 0.2) is 11.6 Å². The fourth-order valence-corrected chi connectivity index (χ4v) is 4.84. The van der Waals surface area contributed by atoms with Crippen molar-refractivity contribution < 1.29 is 22.6 Å². The van der Waals surface area contributed by atoms with Gasteiger partial charge in [0.25, 0.3) is 0 Å². The Bertz CT molecular complexity index is 1280. The van der Waals surface area contributed by atoms with Gasteiger partial charge in [0.2, 0.25) is 0 Å². The number of ether oxygens (including phenoxy) is 2. The van der Waals surface area contributed by atoms with Gasteiger partial charge in [-0.1, -0.05) is 61.9 Å². The van der Waals surface area contributed by atoms with Crippen LogP contribution in [-0.4, -0.2) is 19.3 Å². The van der Waals surface area contributed by atoms with Crippen molar-refractivity contribution >= 4 is 5.57 Å². The monoisotopic (exact) mass is 534 g/mol. The molecule has 0 spiro atoms. The Kier molecular flexibility index (Phi) is 10.4. The van der Waals surface area contributed by atoms with Crippen LogP contribution in [0.2, 0.25) is 0 Å². The average molecular weight is 535 g/mol. The topological polar surface area (TPSA) is 18.5 Å². The van der Waals surface area contributed by atoms with Crippen molar-refractivity contribution in [1.29, 1.82) is 0 Å². The molecule has 39 heavy (non-hydrogen) atoms. The van der Waals surface area contributed by atoms with Gasteiger partial charge in [-0.25, -0.2) is 13.2 Å². The molecule has 0 amide bonds. The molecule has 1 unspecified atom stereocenters. The van der Waals surface area contributed by atoms with Gasteiger partial charge in [0.05, 0.1) is 12.7 Å². The first kappa shape index (κ1) is 28.7. The molecule has 0 saturated carbocycles. The quantitative estimate of drug-likeness (QED) is 0.161. The SMILES string of the molecule is C=CCCOc1ccc(-c2ccc(CCc3ccc(C4=CCC(OCCCC)CC4)c(F)c3F)cc2)c(F)c1. The first-order valence-corrected chi connectivity index (χ1v) is 13.9. The van der Waals surface area contributed by atoms with Gasteiger partial charge < -0.3 is 9.47 Å². The Morgan fingerprint density at radius 1 is 0.923 bits per heavy atom. The number of rotatable bonds is 13. The third-order valence-corrected chi connectivity index (χ3v) is 7.20. The second-order valence-corrected chi connectivity index (χ2v) is 10.0. The van der Waals surface area contributed by atoms with E-state index < -0.39 is 11.6 Å². The summed E-state index contributed by atoms with van der Waals surface area (Å²) < 4.78 is 56.0. The van der Waals surface area contributed by atoms with Gasteiger partial charge in [-0.15, -0.1) is 6.58 Å². The highest BCUT2D eigenvalue weighted by molar-refractivity contribution is 5.67. The lowest BCUT2D eigenvalue weighted by Gasteiger charge is -2.23. The van der Waals surface area contributed by atoms with E-state index in [1.54, 1.807) is 30.3 Å². The number of hydrogen-bond acceptors (Lipinski definition) is 2. The lowest BCUT2D eigenvalue weighted by Crippen LogP contribution is -2.16. The summed E-state index contributed by atoms with van der Waals surface area (Å²) in [4.78, 5) is 0. The summed E-state index contributed by atoms with van der Waals surface area (Å²) in [5.41, 5.74) is 3.76. The predicted octanol–water partition coefficient (Wildman–Crippen LogP) is 9.26. The second kappa shape index (κ2) is 14.2. The van der Waals surface area contributed by atoms with Crippen LogP contribution in [0.4, 0.5) is 13.2 Å². The third kappa shape index (κ3) is 7.63. The van der Waals surface area contributed by atoms with E-state index in [9.17, 15) is 8.78 Å². The first-order valence-electron chi connectivity index (χ1n) is 13.9. The summed E-state index contributed by atoms with van der Waals surface area (Å²) in [6, 6.07) is 15.7. The van der Waals surface area contributed by atoms with Crippen molar-refractivity contribution in [2.75, 3.05) is 13.2 Å². The van der Waals surface area contributed by atoms with Crippen molar-refractivity contribution in [3.8, 4) is 16.9 Å². The summed E-state index contributed by atoms with van der Waals surface area (Å²) in [6.07, 6.45) is 9.90. The molecule has 0 bridgehead atoms. The molecule has 0 saturated heterocycles. The molecule has 0 aromatic heterocycles. The summed E-state index contributed by atoms with van der Waals surface area (Å²) in [5, 5.41) is 0. The van der Waals surface area contributed by atoms with Crippen molar-refractivity contribution in [3.63, 3.8) is 0 Å². The molecule has 206 valence electrons. The largest absolute Gasteiger partial charge is 0.493 e. The third-order valence-electron chi connectivity index (χ3n) is 7.20. The van der Waals surface area contributed by atoms with Gasteiger partial charge in [0, 0.05) is 23.8 Å². The Morgan fingerprint density at radius 2 is 1.72 bits per heavy atom. The maximum absolute atomic E-state index is 15.0. The van der Waals surface area contributed by atoms with Crippen molar-refractivity contribution in [2.45, 2.75) is 64.4 Å². The highest BCUT2D eigenvalue weighted by atomic mass is 19.2. The molecule has 0 fully saturated rings. The molecular formula is C34H37F3O2. The van der Waals surface area contributed by atoms with E-state index in [1.807, 2.05) is 30.3 Å². The molecule has 0 aliphatic heterocycles. The zero-order valence-corrected chi connectivity index (χ0v) is 22.7. The van der Waals surface area contributed by atoms with E-state index in [-0.39, 0.29) is 11.9 Å². The Hall–Kier alpha value is -3.31. The first-order chi connectivity index (χ1) is 19.0. The van der Waals surface area contributed by atoms with Crippen LogP contribution in [0.15, 0.2) is 73.3 Å². The smallest absolute Gasteiger partial charge is 0.166 e. The number of hydrogen-bond donors (Lipinski definition) is 0. The van der Waals surface area contributed by atoms with E-state index in [1.165, 1.54) is 6.07 Å². The zero-order valence-electron chi connectivity index (χ0n) is 22.7. The molecule has 1 aliphatic carbocycles. The van der Waals surface area contributed by atoms with E-state index in [0.29, 0.717) is 54.7 Å². The lowest BCUT2D eigenvalue weighted by atomic mass is 9.90. The number of halogens is 3. The number of aryl methyl sites for hydroxylation is 2. The molecule has 5 heteroatoms. The van der Waals surface area contributed by atoms with E-state index in [0.717, 1.165) is 49.0 Å². The molecular weight excluding hydrogens is 497 g/mol. The minimum absolute atomic E-state index is 0.163. The number of allylic oxidation sites excluding steroid dienone is 1. The zero-order chi connectivity index (χ0) is 27.6. The number of benzene rings is 3. The molecule has 1 atom stereocenters. The van der Waals surface area contributed by atoms with E-state index in [4.69, 9.17) is 9.47 Å². The van der Waals surface area contributed by atoms with Crippen LogP contribution >= 0.6 is 0 Å². The normalized spacial score (nSPS) is 15.2. The highest BCUT2D eigenvalue weighted by Gasteiger charge is 2.21. The van der Waals surface area contributed by atoms with Crippen molar-refractivity contribution in [3.05, 3.63) is 107 Å². The van der Waals surface area contributed by atoms with E-state index >= 15 is 4.39 Å². The van der Waals surface area contributed by atoms with Gasteiger partial charge >= 0.3 is 0 Å². The molecule has 3 aromatic carbocycles. The van der Waals surface area contributed by atoms with Gasteiger partial charge in [-0.05, 0) is 79.3 Å². The predicted molar refractivity (Wildman–Crippen MR) is 152 cm³/mol. The maximum atomic E-state index is 15.0. The molecule has 3 aromatic rings. The molecule has 0 radical (unpaired) electrons. The molecule has 4 rings (SSSR count). The fourth-order valence-electron chi connectivity index (χ4n) is 4.84. The van der Waals surface area contributed by atoms with Crippen LogP contribution in [0, 0.1) is 17.5 Å². The van der Waals surface area contributed by atoms with Crippen molar-refractivity contribution in [1.82, 2.24) is 0 Å². The van der Waals surface area contributed by atoms with Crippen LogP contribution in [0.25, 0.3) is 16.7 Å². The van der Waals surface area contributed by atoms with Crippen LogP contribution in [0.5, 0.6) is 5.75 Å². The molecule has 0 N–H and O–H groups in total. The van der Waals surface area contributed by atoms with Gasteiger partial charge in [-0.3, -0.25) is 0 Å². The summed E-state index contributed by atoms with van der Waals surface area (Å²) in [5.74, 6) is -1.42. The fraction of sp³-hybridized carbons (Fsp3) is 0.353. The van der Waals surface area contributed by atoms with Crippen LogP contribution in [0.1, 0.15) is 62.1 Å². The van der Waals surface area contributed by atoms with Gasteiger partial charge in [0.1, 0.15) is 11.6 Å². The minimum Gasteiger partial charge on any atom is -0.493 e. The maximum Gasteiger partial charge on any atom is 0.166 e. The molecule has 1 aliphatic rings. The molecule has 0 heterocycles. The van der Waals surface area contributed by atoms with Crippen LogP contribution in [0.3, 0.4) is 0 Å². The van der Waals surface area contributed by atoms with Crippen LogP contribution < -0.4 is 4.74 Å². The van der Waals surface area contributed by atoms with Crippen molar-refractivity contribution in [2.24, 2.45) is 0 Å². The molecule has 2 nitrogen and oxygen atoms in total. The Labute approximate surface area is 230 Å².